The third-order valence-corrected chi connectivity index (χ3v) is 4.09. The number of benzene rings is 3. The zero-order valence-corrected chi connectivity index (χ0v) is 15.0. The Balaban J connectivity index is 1.78. The van der Waals surface area contributed by atoms with Crippen LogP contribution < -0.4 is 19.5 Å². The first-order chi connectivity index (χ1) is 12.6. The highest BCUT2D eigenvalue weighted by Crippen LogP contribution is 2.30. The molecule has 0 aromatic heterocycles. The van der Waals surface area contributed by atoms with E-state index in [1.165, 1.54) is 0 Å². The first-order valence-corrected chi connectivity index (χ1v) is 8.29. The van der Waals surface area contributed by atoms with Gasteiger partial charge in [0.15, 0.2) is 6.10 Å². The minimum Gasteiger partial charge on any atom is -0.497 e. The van der Waals surface area contributed by atoms with Crippen molar-refractivity contribution in [2.45, 2.75) is 13.0 Å². The summed E-state index contributed by atoms with van der Waals surface area (Å²) in [6.45, 7) is 1.71. The molecular formula is C21H21NO4. The molecule has 5 heteroatoms. The van der Waals surface area contributed by atoms with E-state index in [4.69, 9.17) is 14.2 Å². The Morgan fingerprint density at radius 2 is 1.69 bits per heavy atom. The smallest absolute Gasteiger partial charge is 0.265 e. The Labute approximate surface area is 152 Å². The fourth-order valence-electron chi connectivity index (χ4n) is 2.69. The number of nitrogens with one attached hydrogen (secondary N) is 1. The molecule has 1 atom stereocenters. The first kappa shape index (κ1) is 17.6. The normalized spacial score (nSPS) is 11.7. The maximum atomic E-state index is 12.6. The SMILES string of the molecule is COc1ccc(OC)c(NC(=O)C(C)Oc2cccc3ccccc23)c1. The number of rotatable bonds is 6. The van der Waals surface area contributed by atoms with Crippen molar-refractivity contribution < 1.29 is 19.0 Å². The predicted octanol–water partition coefficient (Wildman–Crippen LogP) is 4.26. The molecule has 134 valence electrons. The number of carbonyl (C=O) groups is 1. The standard InChI is InChI=1S/C21H21NO4/c1-14(26-19-10-6-8-15-7-4-5-9-17(15)19)21(23)22-18-13-16(24-2)11-12-20(18)25-3/h4-14H,1-3H3,(H,22,23). The zero-order chi connectivity index (χ0) is 18.5. The van der Waals surface area contributed by atoms with Gasteiger partial charge < -0.3 is 19.5 Å². The number of ether oxygens (including phenoxy) is 3. The molecule has 0 radical (unpaired) electrons. The van der Waals surface area contributed by atoms with Gasteiger partial charge >= 0.3 is 0 Å². The summed E-state index contributed by atoms with van der Waals surface area (Å²) < 4.78 is 16.4. The lowest BCUT2D eigenvalue weighted by atomic mass is 10.1. The van der Waals surface area contributed by atoms with E-state index >= 15 is 0 Å². The van der Waals surface area contributed by atoms with Gasteiger partial charge in [0.05, 0.1) is 19.9 Å². The van der Waals surface area contributed by atoms with Crippen molar-refractivity contribution in [3.05, 3.63) is 60.7 Å². The molecule has 0 heterocycles. The van der Waals surface area contributed by atoms with Gasteiger partial charge in [-0.3, -0.25) is 4.79 Å². The maximum Gasteiger partial charge on any atom is 0.265 e. The molecular weight excluding hydrogens is 330 g/mol. The average Bonchev–Trinajstić information content (AvgIpc) is 2.68. The van der Waals surface area contributed by atoms with E-state index in [-0.39, 0.29) is 5.91 Å². The Bertz CT molecular complexity index is 918. The summed E-state index contributed by atoms with van der Waals surface area (Å²) in [4.78, 5) is 12.6. The summed E-state index contributed by atoms with van der Waals surface area (Å²) in [5, 5.41) is 4.86. The number of hydrogen-bond acceptors (Lipinski definition) is 4. The molecule has 3 aromatic rings. The molecule has 0 bridgehead atoms. The van der Waals surface area contributed by atoms with Gasteiger partial charge in [-0.25, -0.2) is 0 Å². The number of amides is 1. The molecule has 3 rings (SSSR count). The van der Waals surface area contributed by atoms with Crippen LogP contribution in [0.5, 0.6) is 17.2 Å². The molecule has 0 fully saturated rings. The van der Waals surface area contributed by atoms with Gasteiger partial charge in [0, 0.05) is 11.5 Å². The summed E-state index contributed by atoms with van der Waals surface area (Å²) >= 11 is 0. The summed E-state index contributed by atoms with van der Waals surface area (Å²) in [6, 6.07) is 18.9. The second kappa shape index (κ2) is 7.78. The maximum absolute atomic E-state index is 12.6. The van der Waals surface area contributed by atoms with Crippen LogP contribution in [0.25, 0.3) is 10.8 Å². The lowest BCUT2D eigenvalue weighted by Gasteiger charge is -2.17. The minimum atomic E-state index is -0.684. The van der Waals surface area contributed by atoms with E-state index in [0.717, 1.165) is 10.8 Å². The molecule has 1 N–H and O–H groups in total. The van der Waals surface area contributed by atoms with Crippen LogP contribution in [0.15, 0.2) is 60.7 Å². The Morgan fingerprint density at radius 1 is 0.923 bits per heavy atom. The summed E-state index contributed by atoms with van der Waals surface area (Å²) in [7, 11) is 3.12. The molecule has 0 aliphatic rings. The monoisotopic (exact) mass is 351 g/mol. The topological polar surface area (TPSA) is 56.8 Å². The summed E-state index contributed by atoms with van der Waals surface area (Å²) in [5.74, 6) is 1.58. The van der Waals surface area contributed by atoms with E-state index in [9.17, 15) is 4.79 Å². The van der Waals surface area contributed by atoms with Crippen LogP contribution in [0.2, 0.25) is 0 Å². The van der Waals surface area contributed by atoms with Crippen LogP contribution in [-0.4, -0.2) is 26.2 Å². The fraction of sp³-hybridized carbons (Fsp3) is 0.190. The van der Waals surface area contributed by atoms with E-state index < -0.39 is 6.10 Å². The average molecular weight is 351 g/mol. The second-order valence-electron chi connectivity index (χ2n) is 5.79. The van der Waals surface area contributed by atoms with E-state index in [1.54, 1.807) is 39.3 Å². The Hall–Kier alpha value is -3.21. The van der Waals surface area contributed by atoms with E-state index in [0.29, 0.717) is 22.9 Å². The number of fused-ring (bicyclic) bond motifs is 1. The second-order valence-corrected chi connectivity index (χ2v) is 5.79. The Kier molecular flexibility index (Phi) is 5.27. The molecule has 0 saturated carbocycles. The Morgan fingerprint density at radius 3 is 2.46 bits per heavy atom. The van der Waals surface area contributed by atoms with Gasteiger partial charge in [-0.05, 0) is 30.5 Å². The van der Waals surface area contributed by atoms with Crippen LogP contribution in [-0.2, 0) is 4.79 Å². The van der Waals surface area contributed by atoms with Crippen molar-refractivity contribution >= 4 is 22.4 Å². The predicted molar refractivity (Wildman–Crippen MR) is 102 cm³/mol. The third-order valence-electron chi connectivity index (χ3n) is 4.09. The molecule has 0 saturated heterocycles. The van der Waals surface area contributed by atoms with Crippen molar-refractivity contribution in [3.63, 3.8) is 0 Å². The molecule has 5 nitrogen and oxygen atoms in total. The van der Waals surface area contributed by atoms with Crippen LogP contribution in [0, 0.1) is 0 Å². The van der Waals surface area contributed by atoms with Crippen molar-refractivity contribution in [1.82, 2.24) is 0 Å². The molecule has 0 aliphatic carbocycles. The van der Waals surface area contributed by atoms with Gasteiger partial charge in [-0.15, -0.1) is 0 Å². The van der Waals surface area contributed by atoms with Crippen LogP contribution in [0.1, 0.15) is 6.92 Å². The minimum absolute atomic E-state index is 0.274. The third kappa shape index (κ3) is 3.72. The molecule has 0 aliphatic heterocycles. The number of carbonyl (C=O) groups excluding carboxylic acids is 1. The van der Waals surface area contributed by atoms with Gasteiger partial charge in [-0.2, -0.15) is 0 Å². The summed E-state index contributed by atoms with van der Waals surface area (Å²) in [6.07, 6.45) is -0.684. The van der Waals surface area contributed by atoms with Crippen molar-refractivity contribution in [2.24, 2.45) is 0 Å². The number of hydrogen-bond donors (Lipinski definition) is 1. The highest BCUT2D eigenvalue weighted by atomic mass is 16.5. The van der Waals surface area contributed by atoms with Crippen molar-refractivity contribution in [1.29, 1.82) is 0 Å². The quantitative estimate of drug-likeness (QED) is 0.721. The molecule has 3 aromatic carbocycles. The summed E-state index contributed by atoms with van der Waals surface area (Å²) in [5.41, 5.74) is 0.533. The van der Waals surface area contributed by atoms with E-state index in [2.05, 4.69) is 5.32 Å². The van der Waals surface area contributed by atoms with Crippen molar-refractivity contribution in [2.75, 3.05) is 19.5 Å². The lowest BCUT2D eigenvalue weighted by molar-refractivity contribution is -0.122. The van der Waals surface area contributed by atoms with E-state index in [1.807, 2.05) is 42.5 Å². The molecule has 1 amide bonds. The van der Waals surface area contributed by atoms with Crippen molar-refractivity contribution in [3.8, 4) is 17.2 Å². The number of methoxy groups -OCH3 is 2. The van der Waals surface area contributed by atoms with Crippen LogP contribution in [0.3, 0.4) is 0 Å². The first-order valence-electron chi connectivity index (χ1n) is 8.29. The highest BCUT2D eigenvalue weighted by molar-refractivity contribution is 5.96. The fourth-order valence-corrected chi connectivity index (χ4v) is 2.69. The largest absolute Gasteiger partial charge is 0.497 e. The van der Waals surface area contributed by atoms with Crippen LogP contribution >= 0.6 is 0 Å². The highest BCUT2D eigenvalue weighted by Gasteiger charge is 2.18. The van der Waals surface area contributed by atoms with Gasteiger partial charge in [0.2, 0.25) is 0 Å². The molecule has 0 spiro atoms. The zero-order valence-electron chi connectivity index (χ0n) is 15.0. The van der Waals surface area contributed by atoms with Crippen LogP contribution in [0.4, 0.5) is 5.69 Å². The van der Waals surface area contributed by atoms with Gasteiger partial charge in [0.1, 0.15) is 17.2 Å². The van der Waals surface area contributed by atoms with Gasteiger partial charge in [-0.1, -0.05) is 36.4 Å². The number of anilines is 1. The lowest BCUT2D eigenvalue weighted by Crippen LogP contribution is -2.30. The molecule has 26 heavy (non-hydrogen) atoms. The van der Waals surface area contributed by atoms with Gasteiger partial charge in [0.25, 0.3) is 5.91 Å². The molecule has 1 unspecified atom stereocenters.